The number of ether oxygens (including phenoxy) is 1. The minimum Gasteiger partial charge on any atom is -0.496 e. The van der Waals surface area contributed by atoms with E-state index >= 15 is 0 Å². The van der Waals surface area contributed by atoms with Crippen LogP contribution in [-0.2, 0) is 6.54 Å². The number of aromatic nitrogens is 1. The monoisotopic (exact) mass is 278 g/mol. The molecule has 0 aromatic carbocycles. The first-order chi connectivity index (χ1) is 9.56. The molecule has 0 bridgehead atoms. The maximum absolute atomic E-state index is 5.91. The lowest BCUT2D eigenvalue weighted by molar-refractivity contribution is 0.0867. The summed E-state index contributed by atoms with van der Waals surface area (Å²) in [5.74, 6) is 0.952. The molecule has 2 N–H and O–H groups in total. The van der Waals surface area contributed by atoms with Crippen molar-refractivity contribution in [3.05, 3.63) is 23.0 Å². The van der Waals surface area contributed by atoms with Crippen LogP contribution in [0.3, 0.4) is 0 Å². The van der Waals surface area contributed by atoms with Gasteiger partial charge in [0.15, 0.2) is 0 Å². The normalized spacial score (nSPS) is 21.1. The van der Waals surface area contributed by atoms with Crippen molar-refractivity contribution in [1.29, 1.82) is 0 Å². The summed E-state index contributed by atoms with van der Waals surface area (Å²) in [5, 5.41) is 0. The second-order valence-corrected chi connectivity index (χ2v) is 5.67. The Kier molecular flexibility index (Phi) is 4.96. The van der Waals surface area contributed by atoms with Crippen LogP contribution in [0, 0.1) is 13.8 Å². The summed E-state index contributed by atoms with van der Waals surface area (Å²) in [6.07, 6.45) is 1.90. The number of likely N-dealkylation sites (N-methyl/N-ethyl adjacent to an activating group) is 1. The van der Waals surface area contributed by atoms with E-state index in [1.165, 1.54) is 0 Å². The number of piperazine rings is 1. The van der Waals surface area contributed by atoms with Crippen LogP contribution in [0.5, 0.6) is 5.75 Å². The lowest BCUT2D eigenvalue weighted by Gasteiger charge is -2.39. The first kappa shape index (κ1) is 15.2. The van der Waals surface area contributed by atoms with Crippen LogP contribution in [0.15, 0.2) is 6.20 Å². The van der Waals surface area contributed by atoms with Crippen LogP contribution in [0.25, 0.3) is 0 Å². The van der Waals surface area contributed by atoms with Gasteiger partial charge >= 0.3 is 0 Å². The average molecular weight is 278 g/mol. The molecular weight excluding hydrogens is 252 g/mol. The highest BCUT2D eigenvalue weighted by Gasteiger charge is 2.25. The fourth-order valence-corrected chi connectivity index (χ4v) is 2.90. The molecule has 0 amide bonds. The number of hydrogen-bond acceptors (Lipinski definition) is 5. The van der Waals surface area contributed by atoms with Gasteiger partial charge in [-0.1, -0.05) is 0 Å². The Hall–Kier alpha value is -1.17. The number of nitrogens with two attached hydrogens (primary N) is 1. The predicted octanol–water partition coefficient (Wildman–Crippen LogP) is 0.782. The van der Waals surface area contributed by atoms with Gasteiger partial charge in [0.25, 0.3) is 0 Å². The van der Waals surface area contributed by atoms with Crippen molar-refractivity contribution in [2.24, 2.45) is 5.73 Å². The maximum atomic E-state index is 5.91. The van der Waals surface area contributed by atoms with Gasteiger partial charge in [0.1, 0.15) is 5.75 Å². The third kappa shape index (κ3) is 3.11. The van der Waals surface area contributed by atoms with Crippen LogP contribution < -0.4 is 10.5 Å². The summed E-state index contributed by atoms with van der Waals surface area (Å²) in [5.41, 5.74) is 9.23. The molecule has 1 aromatic rings. The molecule has 1 aliphatic rings. The van der Waals surface area contributed by atoms with Crippen LogP contribution >= 0.6 is 0 Å². The summed E-state index contributed by atoms with van der Waals surface area (Å²) in [6.45, 7) is 8.79. The molecule has 0 radical (unpaired) electrons. The number of hydrogen-bond donors (Lipinski definition) is 1. The Labute approximate surface area is 121 Å². The van der Waals surface area contributed by atoms with Crippen molar-refractivity contribution in [3.8, 4) is 5.75 Å². The summed E-state index contributed by atoms with van der Waals surface area (Å²) < 4.78 is 5.48. The van der Waals surface area contributed by atoms with Gasteiger partial charge in [0.05, 0.1) is 12.8 Å². The van der Waals surface area contributed by atoms with E-state index in [9.17, 15) is 0 Å². The molecule has 2 rings (SSSR count). The Bertz CT molecular complexity index is 463. The SMILES string of the molecule is COc1c(C)cnc(CN2CCN(C)CC2CN)c1C. The van der Waals surface area contributed by atoms with E-state index in [4.69, 9.17) is 10.5 Å². The molecule has 2 heterocycles. The second kappa shape index (κ2) is 6.52. The largest absolute Gasteiger partial charge is 0.496 e. The molecule has 1 aromatic heterocycles. The fraction of sp³-hybridized carbons (Fsp3) is 0.667. The summed E-state index contributed by atoms with van der Waals surface area (Å²) in [4.78, 5) is 9.36. The van der Waals surface area contributed by atoms with Crippen molar-refractivity contribution >= 4 is 0 Å². The zero-order chi connectivity index (χ0) is 14.7. The maximum Gasteiger partial charge on any atom is 0.128 e. The second-order valence-electron chi connectivity index (χ2n) is 5.67. The summed E-state index contributed by atoms with van der Waals surface area (Å²) in [6, 6.07) is 0.405. The van der Waals surface area contributed by atoms with E-state index in [0.717, 1.165) is 48.7 Å². The van der Waals surface area contributed by atoms with Crippen LogP contribution in [0.1, 0.15) is 16.8 Å². The standard InChI is InChI=1S/C15H26N4O/c1-11-8-17-14(12(2)15(11)20-4)10-19-6-5-18(3)9-13(19)7-16/h8,13H,5-7,9-10,16H2,1-4H3. The van der Waals surface area contributed by atoms with Crippen LogP contribution in [0.2, 0.25) is 0 Å². The highest BCUT2D eigenvalue weighted by molar-refractivity contribution is 5.41. The topological polar surface area (TPSA) is 54.6 Å². The average Bonchev–Trinajstić information content (AvgIpc) is 2.44. The van der Waals surface area contributed by atoms with Crippen molar-refractivity contribution in [1.82, 2.24) is 14.8 Å². The minimum absolute atomic E-state index is 0.405. The number of aryl methyl sites for hydroxylation is 1. The summed E-state index contributed by atoms with van der Waals surface area (Å²) >= 11 is 0. The Morgan fingerprint density at radius 3 is 2.80 bits per heavy atom. The quantitative estimate of drug-likeness (QED) is 0.882. The van der Waals surface area contributed by atoms with Crippen LogP contribution in [-0.4, -0.2) is 61.2 Å². The predicted molar refractivity (Wildman–Crippen MR) is 81.0 cm³/mol. The lowest BCUT2D eigenvalue weighted by atomic mass is 10.1. The molecule has 0 spiro atoms. The smallest absolute Gasteiger partial charge is 0.128 e. The highest BCUT2D eigenvalue weighted by Crippen LogP contribution is 2.25. The van der Waals surface area contributed by atoms with E-state index < -0.39 is 0 Å². The van der Waals surface area contributed by atoms with Crippen molar-refractivity contribution < 1.29 is 4.74 Å². The van der Waals surface area contributed by atoms with Gasteiger partial charge in [-0.15, -0.1) is 0 Å². The summed E-state index contributed by atoms with van der Waals surface area (Å²) in [7, 11) is 3.87. The Morgan fingerprint density at radius 2 is 2.15 bits per heavy atom. The Balaban J connectivity index is 2.17. The molecular formula is C15H26N4O. The molecule has 0 saturated carbocycles. The minimum atomic E-state index is 0.405. The van der Waals surface area contributed by atoms with E-state index in [1.807, 2.05) is 13.1 Å². The molecule has 0 aliphatic carbocycles. The number of rotatable bonds is 4. The number of methoxy groups -OCH3 is 1. The lowest BCUT2D eigenvalue weighted by Crippen LogP contribution is -2.54. The molecule has 1 saturated heterocycles. The number of nitrogens with zero attached hydrogens (tertiary/aromatic N) is 3. The zero-order valence-electron chi connectivity index (χ0n) is 13.0. The third-order valence-corrected chi connectivity index (χ3v) is 4.18. The third-order valence-electron chi connectivity index (χ3n) is 4.18. The molecule has 112 valence electrons. The van der Waals surface area contributed by atoms with Gasteiger partial charge in [0.2, 0.25) is 0 Å². The van der Waals surface area contributed by atoms with Gasteiger partial charge < -0.3 is 15.4 Å². The van der Waals surface area contributed by atoms with Crippen molar-refractivity contribution in [2.75, 3.05) is 40.3 Å². The molecule has 1 atom stereocenters. The van der Waals surface area contributed by atoms with E-state index in [0.29, 0.717) is 12.6 Å². The van der Waals surface area contributed by atoms with Gasteiger partial charge in [-0.05, 0) is 20.9 Å². The molecule has 20 heavy (non-hydrogen) atoms. The zero-order valence-corrected chi connectivity index (χ0v) is 13.0. The van der Waals surface area contributed by atoms with E-state index in [2.05, 4.69) is 28.8 Å². The number of pyridine rings is 1. The first-order valence-corrected chi connectivity index (χ1v) is 7.18. The highest BCUT2D eigenvalue weighted by atomic mass is 16.5. The molecule has 5 heteroatoms. The van der Waals surface area contributed by atoms with Crippen molar-refractivity contribution in [3.63, 3.8) is 0 Å². The molecule has 1 fully saturated rings. The fourth-order valence-electron chi connectivity index (χ4n) is 2.90. The van der Waals surface area contributed by atoms with Gasteiger partial charge in [0, 0.05) is 56.1 Å². The van der Waals surface area contributed by atoms with Crippen LogP contribution in [0.4, 0.5) is 0 Å². The molecule has 1 aliphatic heterocycles. The van der Waals surface area contributed by atoms with E-state index in [-0.39, 0.29) is 0 Å². The molecule has 1 unspecified atom stereocenters. The first-order valence-electron chi connectivity index (χ1n) is 7.18. The van der Waals surface area contributed by atoms with Gasteiger partial charge in [-0.25, -0.2) is 0 Å². The van der Waals surface area contributed by atoms with E-state index in [1.54, 1.807) is 7.11 Å². The Morgan fingerprint density at radius 1 is 1.40 bits per heavy atom. The van der Waals surface area contributed by atoms with Crippen molar-refractivity contribution in [2.45, 2.75) is 26.4 Å². The van der Waals surface area contributed by atoms with Gasteiger partial charge in [-0.3, -0.25) is 9.88 Å². The molecule has 5 nitrogen and oxygen atoms in total. The van der Waals surface area contributed by atoms with Gasteiger partial charge in [-0.2, -0.15) is 0 Å².